The molecule has 1 rings (SSSR count). The van der Waals surface area contributed by atoms with E-state index < -0.39 is 0 Å². The minimum Gasteiger partial charge on any atom is -0.393 e. The summed E-state index contributed by atoms with van der Waals surface area (Å²) >= 11 is 5.07. The third kappa shape index (κ3) is 4.19. The number of nitrogens with two attached hydrogens (primary N) is 1. The molecule has 0 aromatic carbocycles. The van der Waals surface area contributed by atoms with Crippen molar-refractivity contribution in [1.29, 1.82) is 0 Å². The van der Waals surface area contributed by atoms with Crippen LogP contribution in [0.4, 0.5) is 0 Å². The number of nitrogens with zero attached hydrogens (tertiary/aromatic N) is 1. The SMILES string of the molecule is COCCOCC(=O)N1CCC(C)(C(N)=S)CC1. The average Bonchev–Trinajstić information content (AvgIpc) is 2.35. The van der Waals surface area contributed by atoms with E-state index in [1.165, 1.54) is 0 Å². The molecular formula is C12H22N2O3S. The summed E-state index contributed by atoms with van der Waals surface area (Å²) in [5.41, 5.74) is 5.62. The molecule has 1 fully saturated rings. The summed E-state index contributed by atoms with van der Waals surface area (Å²) in [6, 6.07) is 0. The molecule has 0 bridgehead atoms. The highest BCUT2D eigenvalue weighted by atomic mass is 32.1. The summed E-state index contributed by atoms with van der Waals surface area (Å²) < 4.78 is 10.1. The molecular weight excluding hydrogens is 252 g/mol. The fourth-order valence-electron chi connectivity index (χ4n) is 1.89. The monoisotopic (exact) mass is 274 g/mol. The molecule has 1 heterocycles. The lowest BCUT2D eigenvalue weighted by molar-refractivity contribution is -0.138. The number of thiocarbonyl (C=S) groups is 1. The van der Waals surface area contributed by atoms with Crippen LogP contribution < -0.4 is 5.73 Å². The molecule has 18 heavy (non-hydrogen) atoms. The predicted octanol–water partition coefficient (Wildman–Crippen LogP) is 0.564. The highest BCUT2D eigenvalue weighted by molar-refractivity contribution is 7.80. The Bertz CT molecular complexity index is 302. The lowest BCUT2D eigenvalue weighted by Crippen LogP contribution is -2.47. The number of piperidine rings is 1. The number of methoxy groups -OCH3 is 1. The predicted molar refractivity (Wildman–Crippen MR) is 73.4 cm³/mol. The van der Waals surface area contributed by atoms with Gasteiger partial charge in [0.25, 0.3) is 0 Å². The lowest BCUT2D eigenvalue weighted by atomic mass is 9.80. The molecule has 1 saturated heterocycles. The van der Waals surface area contributed by atoms with Crippen molar-refractivity contribution in [2.75, 3.05) is 40.0 Å². The number of rotatable bonds is 6. The van der Waals surface area contributed by atoms with Crippen LogP contribution in [0.25, 0.3) is 0 Å². The van der Waals surface area contributed by atoms with E-state index in [0.717, 1.165) is 12.8 Å². The Hall–Kier alpha value is -0.720. The van der Waals surface area contributed by atoms with Crippen LogP contribution in [0.5, 0.6) is 0 Å². The molecule has 104 valence electrons. The summed E-state index contributed by atoms with van der Waals surface area (Å²) in [6.45, 7) is 4.52. The second kappa shape index (κ2) is 7.01. The zero-order valence-corrected chi connectivity index (χ0v) is 11.9. The normalized spacial score (nSPS) is 18.7. The second-order valence-corrected chi connectivity index (χ2v) is 5.29. The molecule has 0 spiro atoms. The third-order valence-electron chi connectivity index (χ3n) is 3.47. The van der Waals surface area contributed by atoms with Crippen molar-refractivity contribution in [2.24, 2.45) is 11.1 Å². The van der Waals surface area contributed by atoms with Crippen LogP contribution >= 0.6 is 12.2 Å². The molecule has 0 aliphatic carbocycles. The van der Waals surface area contributed by atoms with Gasteiger partial charge in [-0.1, -0.05) is 19.1 Å². The number of ether oxygens (including phenoxy) is 2. The van der Waals surface area contributed by atoms with Crippen LogP contribution in [0, 0.1) is 5.41 Å². The van der Waals surface area contributed by atoms with Gasteiger partial charge in [-0.25, -0.2) is 0 Å². The van der Waals surface area contributed by atoms with E-state index in [1.807, 2.05) is 4.90 Å². The van der Waals surface area contributed by atoms with Gasteiger partial charge in [0.1, 0.15) is 6.61 Å². The van der Waals surface area contributed by atoms with Crippen molar-refractivity contribution in [1.82, 2.24) is 4.90 Å². The maximum Gasteiger partial charge on any atom is 0.248 e. The number of amides is 1. The third-order valence-corrected chi connectivity index (χ3v) is 3.96. The van der Waals surface area contributed by atoms with Crippen molar-refractivity contribution >= 4 is 23.1 Å². The molecule has 0 unspecified atom stereocenters. The summed E-state index contributed by atoms with van der Waals surface area (Å²) in [6.07, 6.45) is 1.65. The Morgan fingerprint density at radius 3 is 2.50 bits per heavy atom. The Morgan fingerprint density at radius 2 is 2.00 bits per heavy atom. The minimum atomic E-state index is -0.108. The number of hydrogen-bond acceptors (Lipinski definition) is 4. The maximum atomic E-state index is 11.8. The first-order valence-corrected chi connectivity index (χ1v) is 6.55. The van der Waals surface area contributed by atoms with Gasteiger partial charge in [0.2, 0.25) is 5.91 Å². The van der Waals surface area contributed by atoms with Crippen LogP contribution in [0.15, 0.2) is 0 Å². The van der Waals surface area contributed by atoms with E-state index in [0.29, 0.717) is 31.3 Å². The van der Waals surface area contributed by atoms with Crippen LogP contribution in [0.3, 0.4) is 0 Å². The number of hydrogen-bond donors (Lipinski definition) is 1. The summed E-state index contributed by atoms with van der Waals surface area (Å²) in [7, 11) is 1.60. The van der Waals surface area contributed by atoms with Crippen molar-refractivity contribution in [3.05, 3.63) is 0 Å². The maximum absolute atomic E-state index is 11.8. The van der Waals surface area contributed by atoms with Gasteiger partial charge in [-0.2, -0.15) is 0 Å². The van der Waals surface area contributed by atoms with E-state index in [1.54, 1.807) is 7.11 Å². The van der Waals surface area contributed by atoms with Crippen molar-refractivity contribution in [3.63, 3.8) is 0 Å². The van der Waals surface area contributed by atoms with Gasteiger partial charge >= 0.3 is 0 Å². The molecule has 1 amide bonds. The van der Waals surface area contributed by atoms with Gasteiger partial charge in [0, 0.05) is 25.6 Å². The Kier molecular flexibility index (Phi) is 5.98. The van der Waals surface area contributed by atoms with Crippen molar-refractivity contribution in [3.8, 4) is 0 Å². The number of carbonyl (C=O) groups is 1. The summed E-state index contributed by atoms with van der Waals surface area (Å²) in [4.78, 5) is 14.2. The molecule has 0 aromatic heterocycles. The molecule has 0 radical (unpaired) electrons. The number of likely N-dealkylation sites (tertiary alicyclic amines) is 1. The largest absolute Gasteiger partial charge is 0.393 e. The quantitative estimate of drug-likeness (QED) is 0.566. The second-order valence-electron chi connectivity index (χ2n) is 4.85. The highest BCUT2D eigenvalue weighted by Crippen LogP contribution is 2.31. The number of carbonyl (C=O) groups excluding carboxylic acids is 1. The topological polar surface area (TPSA) is 64.8 Å². The van der Waals surface area contributed by atoms with E-state index in [2.05, 4.69) is 6.92 Å². The van der Waals surface area contributed by atoms with Gasteiger partial charge in [0.15, 0.2) is 0 Å². The summed E-state index contributed by atoms with van der Waals surface area (Å²) in [5.74, 6) is 0.0242. The molecule has 5 nitrogen and oxygen atoms in total. The Morgan fingerprint density at radius 1 is 1.39 bits per heavy atom. The molecule has 1 aliphatic heterocycles. The van der Waals surface area contributed by atoms with Gasteiger partial charge in [-0.15, -0.1) is 0 Å². The van der Waals surface area contributed by atoms with E-state index >= 15 is 0 Å². The smallest absolute Gasteiger partial charge is 0.248 e. The van der Waals surface area contributed by atoms with E-state index in [9.17, 15) is 4.79 Å². The summed E-state index contributed by atoms with van der Waals surface area (Å²) in [5, 5.41) is 0. The van der Waals surface area contributed by atoms with Crippen molar-refractivity contribution in [2.45, 2.75) is 19.8 Å². The minimum absolute atomic E-state index is 0.0242. The van der Waals surface area contributed by atoms with E-state index in [4.69, 9.17) is 27.4 Å². The molecule has 6 heteroatoms. The molecule has 1 aliphatic rings. The lowest BCUT2D eigenvalue weighted by Gasteiger charge is -2.38. The van der Waals surface area contributed by atoms with Crippen LogP contribution in [0.2, 0.25) is 0 Å². The van der Waals surface area contributed by atoms with Crippen LogP contribution in [-0.2, 0) is 14.3 Å². The zero-order chi connectivity index (χ0) is 13.6. The molecule has 0 atom stereocenters. The van der Waals surface area contributed by atoms with E-state index in [-0.39, 0.29) is 17.9 Å². The Balaban J connectivity index is 2.30. The van der Waals surface area contributed by atoms with Crippen LogP contribution in [0.1, 0.15) is 19.8 Å². The zero-order valence-electron chi connectivity index (χ0n) is 11.1. The Labute approximate surface area is 114 Å². The molecule has 0 saturated carbocycles. The fraction of sp³-hybridized carbons (Fsp3) is 0.833. The first-order chi connectivity index (χ1) is 8.49. The van der Waals surface area contributed by atoms with Gasteiger partial charge in [-0.05, 0) is 12.8 Å². The van der Waals surface area contributed by atoms with Gasteiger partial charge in [0.05, 0.1) is 18.2 Å². The standard InChI is InChI=1S/C12H22N2O3S/c1-12(11(13)18)3-5-14(6-4-12)10(15)9-17-8-7-16-2/h3-9H2,1-2H3,(H2,13,18). The highest BCUT2D eigenvalue weighted by Gasteiger charge is 2.33. The molecule has 2 N–H and O–H groups in total. The van der Waals surface area contributed by atoms with Gasteiger partial charge in [-0.3, -0.25) is 4.79 Å². The average molecular weight is 274 g/mol. The van der Waals surface area contributed by atoms with Gasteiger partial charge < -0.3 is 20.1 Å². The van der Waals surface area contributed by atoms with Crippen LogP contribution in [-0.4, -0.2) is 55.8 Å². The molecule has 0 aromatic rings. The fourth-order valence-corrected chi connectivity index (χ4v) is 2.09. The first kappa shape index (κ1) is 15.3. The first-order valence-electron chi connectivity index (χ1n) is 6.14. The van der Waals surface area contributed by atoms with Crippen molar-refractivity contribution < 1.29 is 14.3 Å².